The molecule has 1 fully saturated rings. The highest BCUT2D eigenvalue weighted by atomic mass is 15.2. The molecule has 0 amide bonds. The fourth-order valence-electron chi connectivity index (χ4n) is 3.17. The number of para-hydroxylation sites is 2. The predicted molar refractivity (Wildman–Crippen MR) is 80.8 cm³/mol. The van der Waals surface area contributed by atoms with Gasteiger partial charge in [-0.1, -0.05) is 44.2 Å². The number of hydrogen-bond donors (Lipinski definition) is 2. The van der Waals surface area contributed by atoms with Crippen molar-refractivity contribution in [2.45, 2.75) is 44.6 Å². The van der Waals surface area contributed by atoms with Gasteiger partial charge in [-0.05, 0) is 24.5 Å². The van der Waals surface area contributed by atoms with E-state index in [0.29, 0.717) is 0 Å². The summed E-state index contributed by atoms with van der Waals surface area (Å²) in [5, 5.41) is 0. The van der Waals surface area contributed by atoms with E-state index in [0.717, 1.165) is 29.1 Å². The van der Waals surface area contributed by atoms with E-state index in [2.05, 4.69) is 10.4 Å². The van der Waals surface area contributed by atoms with E-state index in [1.165, 1.54) is 32.1 Å². The first kappa shape index (κ1) is 13.5. The van der Waals surface area contributed by atoms with Crippen LogP contribution in [0.5, 0.6) is 0 Å². The van der Waals surface area contributed by atoms with Crippen molar-refractivity contribution in [3.8, 4) is 0 Å². The van der Waals surface area contributed by atoms with Crippen LogP contribution >= 0.6 is 0 Å². The largest absolute Gasteiger partial charge is 0.271 e. The lowest BCUT2D eigenvalue weighted by atomic mass is 9.84. The van der Waals surface area contributed by atoms with Gasteiger partial charge in [0.2, 0.25) is 0 Å². The van der Waals surface area contributed by atoms with Gasteiger partial charge in [-0.3, -0.25) is 16.3 Å². The quantitative estimate of drug-likeness (QED) is 0.662. The molecular formula is C16H22N4. The number of hydrogen-bond acceptors (Lipinski definition) is 4. The fraction of sp³-hybridized carbons (Fsp3) is 0.500. The molecule has 1 aromatic carbocycles. The third-order valence-corrected chi connectivity index (χ3v) is 4.32. The lowest BCUT2D eigenvalue weighted by Crippen LogP contribution is -2.31. The Morgan fingerprint density at radius 2 is 1.90 bits per heavy atom. The van der Waals surface area contributed by atoms with Crippen molar-refractivity contribution in [3.63, 3.8) is 0 Å². The Morgan fingerprint density at radius 3 is 2.65 bits per heavy atom. The average molecular weight is 270 g/mol. The van der Waals surface area contributed by atoms with E-state index in [1.54, 1.807) is 0 Å². The molecule has 1 unspecified atom stereocenters. The second-order valence-electron chi connectivity index (χ2n) is 5.74. The third-order valence-electron chi connectivity index (χ3n) is 4.32. The highest BCUT2D eigenvalue weighted by molar-refractivity contribution is 5.73. The number of nitrogens with one attached hydrogen (secondary N) is 1. The Balaban J connectivity index is 1.79. The first-order valence-electron chi connectivity index (χ1n) is 7.54. The number of nitrogens with two attached hydrogens (primary N) is 1. The normalized spacial score (nSPS) is 18.2. The standard InChI is InChI=1S/C16H22N4/c17-20-15(10-12-6-2-1-3-7-12)16-11-18-13-8-4-5-9-14(13)19-16/h4-5,8-9,11-12,15,20H,1-3,6-7,10,17H2. The zero-order chi connectivity index (χ0) is 13.8. The minimum absolute atomic E-state index is 0.107. The van der Waals surface area contributed by atoms with Gasteiger partial charge in [0, 0.05) is 0 Å². The summed E-state index contributed by atoms with van der Waals surface area (Å²) in [6.45, 7) is 0. The Hall–Kier alpha value is -1.52. The Labute approximate surface area is 119 Å². The first-order chi connectivity index (χ1) is 9.86. The molecule has 3 N–H and O–H groups in total. The van der Waals surface area contributed by atoms with Crippen LogP contribution in [-0.4, -0.2) is 9.97 Å². The molecule has 0 aliphatic heterocycles. The molecule has 20 heavy (non-hydrogen) atoms. The van der Waals surface area contributed by atoms with Gasteiger partial charge in [0.05, 0.1) is 29.0 Å². The van der Waals surface area contributed by atoms with Gasteiger partial charge < -0.3 is 0 Å². The monoisotopic (exact) mass is 270 g/mol. The zero-order valence-corrected chi connectivity index (χ0v) is 11.8. The van der Waals surface area contributed by atoms with Gasteiger partial charge in [-0.25, -0.2) is 4.98 Å². The fourth-order valence-corrected chi connectivity index (χ4v) is 3.17. The van der Waals surface area contributed by atoms with Gasteiger partial charge in [0.25, 0.3) is 0 Å². The molecule has 106 valence electrons. The van der Waals surface area contributed by atoms with Crippen molar-refractivity contribution in [1.82, 2.24) is 15.4 Å². The maximum absolute atomic E-state index is 5.75. The van der Waals surface area contributed by atoms with E-state index in [1.807, 2.05) is 30.5 Å². The molecule has 1 saturated carbocycles. The number of nitrogens with zero attached hydrogens (tertiary/aromatic N) is 2. The van der Waals surface area contributed by atoms with Crippen LogP contribution in [0.25, 0.3) is 11.0 Å². The molecule has 1 heterocycles. The zero-order valence-electron chi connectivity index (χ0n) is 11.8. The lowest BCUT2D eigenvalue weighted by Gasteiger charge is -2.25. The molecule has 1 atom stereocenters. The summed E-state index contributed by atoms with van der Waals surface area (Å²) in [5.74, 6) is 6.51. The first-order valence-corrected chi connectivity index (χ1v) is 7.54. The molecule has 3 rings (SSSR count). The van der Waals surface area contributed by atoms with Crippen LogP contribution < -0.4 is 11.3 Å². The van der Waals surface area contributed by atoms with E-state index in [4.69, 9.17) is 10.8 Å². The van der Waals surface area contributed by atoms with Crippen molar-refractivity contribution in [2.24, 2.45) is 11.8 Å². The summed E-state index contributed by atoms with van der Waals surface area (Å²) in [7, 11) is 0. The second kappa shape index (κ2) is 6.29. The summed E-state index contributed by atoms with van der Waals surface area (Å²) in [4.78, 5) is 9.19. The molecule has 0 bridgehead atoms. The van der Waals surface area contributed by atoms with Crippen molar-refractivity contribution in [3.05, 3.63) is 36.2 Å². The molecule has 1 aromatic heterocycles. The average Bonchev–Trinajstić information content (AvgIpc) is 2.53. The Morgan fingerprint density at radius 1 is 1.15 bits per heavy atom. The second-order valence-corrected chi connectivity index (χ2v) is 5.74. The van der Waals surface area contributed by atoms with Crippen molar-refractivity contribution in [2.75, 3.05) is 0 Å². The van der Waals surface area contributed by atoms with Gasteiger partial charge in [-0.15, -0.1) is 0 Å². The number of fused-ring (bicyclic) bond motifs is 1. The number of aromatic nitrogens is 2. The maximum atomic E-state index is 5.75. The molecule has 0 saturated heterocycles. The third kappa shape index (κ3) is 2.97. The van der Waals surface area contributed by atoms with Crippen LogP contribution in [0, 0.1) is 5.92 Å². The molecule has 1 aliphatic carbocycles. The Kier molecular flexibility index (Phi) is 4.23. The molecule has 0 spiro atoms. The van der Waals surface area contributed by atoms with E-state index >= 15 is 0 Å². The molecule has 4 heteroatoms. The number of rotatable bonds is 4. The van der Waals surface area contributed by atoms with E-state index in [9.17, 15) is 0 Å². The van der Waals surface area contributed by atoms with Crippen LogP contribution in [0.4, 0.5) is 0 Å². The topological polar surface area (TPSA) is 63.8 Å². The van der Waals surface area contributed by atoms with Crippen LogP contribution in [0.3, 0.4) is 0 Å². The highest BCUT2D eigenvalue weighted by Gasteiger charge is 2.20. The summed E-state index contributed by atoms with van der Waals surface area (Å²) >= 11 is 0. The lowest BCUT2D eigenvalue weighted by molar-refractivity contribution is 0.299. The number of benzene rings is 1. The van der Waals surface area contributed by atoms with Crippen LogP contribution in [0.1, 0.15) is 50.3 Å². The molecule has 2 aromatic rings. The molecular weight excluding hydrogens is 248 g/mol. The van der Waals surface area contributed by atoms with Crippen molar-refractivity contribution in [1.29, 1.82) is 0 Å². The molecule has 4 nitrogen and oxygen atoms in total. The maximum Gasteiger partial charge on any atom is 0.0890 e. The van der Waals surface area contributed by atoms with Gasteiger partial charge in [0.1, 0.15) is 0 Å². The SMILES string of the molecule is NNC(CC1CCCCC1)c1cnc2ccccc2n1. The van der Waals surface area contributed by atoms with E-state index < -0.39 is 0 Å². The van der Waals surface area contributed by atoms with Gasteiger partial charge >= 0.3 is 0 Å². The summed E-state index contributed by atoms with van der Waals surface area (Å²) in [5.41, 5.74) is 5.76. The summed E-state index contributed by atoms with van der Waals surface area (Å²) in [6.07, 6.45) is 9.64. The smallest absolute Gasteiger partial charge is 0.0890 e. The summed E-state index contributed by atoms with van der Waals surface area (Å²) in [6, 6.07) is 8.07. The molecule has 0 radical (unpaired) electrons. The van der Waals surface area contributed by atoms with Gasteiger partial charge in [-0.2, -0.15) is 0 Å². The number of hydrazine groups is 1. The van der Waals surface area contributed by atoms with Gasteiger partial charge in [0.15, 0.2) is 0 Å². The van der Waals surface area contributed by atoms with Crippen LogP contribution in [-0.2, 0) is 0 Å². The molecule has 1 aliphatic rings. The van der Waals surface area contributed by atoms with Crippen LogP contribution in [0.2, 0.25) is 0 Å². The van der Waals surface area contributed by atoms with Crippen LogP contribution in [0.15, 0.2) is 30.5 Å². The Bertz CT molecular complexity index is 563. The van der Waals surface area contributed by atoms with Crippen molar-refractivity contribution >= 4 is 11.0 Å². The van der Waals surface area contributed by atoms with E-state index in [-0.39, 0.29) is 6.04 Å². The highest BCUT2D eigenvalue weighted by Crippen LogP contribution is 2.31. The summed E-state index contributed by atoms with van der Waals surface area (Å²) < 4.78 is 0. The minimum Gasteiger partial charge on any atom is -0.271 e. The minimum atomic E-state index is 0.107. The predicted octanol–water partition coefficient (Wildman–Crippen LogP) is 3.10. The van der Waals surface area contributed by atoms with Crippen molar-refractivity contribution < 1.29 is 0 Å².